The number of hydrogen-bond acceptors (Lipinski definition) is 3. The van der Waals surface area contributed by atoms with E-state index >= 15 is 0 Å². The maximum Gasteiger partial charge on any atom is 0.0622 e. The first-order chi connectivity index (χ1) is 8.65. The average Bonchev–Trinajstić information content (AvgIpc) is 2.93. The van der Waals surface area contributed by atoms with Crippen LogP contribution in [-0.2, 0) is 10.2 Å². The van der Waals surface area contributed by atoms with Crippen LogP contribution in [0.15, 0.2) is 30.3 Å². The molecule has 3 heteroatoms. The van der Waals surface area contributed by atoms with Crippen LogP contribution in [0.25, 0.3) is 0 Å². The van der Waals surface area contributed by atoms with Gasteiger partial charge in [0.05, 0.1) is 13.2 Å². The van der Waals surface area contributed by atoms with Gasteiger partial charge in [0.25, 0.3) is 0 Å². The van der Waals surface area contributed by atoms with Crippen LogP contribution in [0, 0.1) is 0 Å². The van der Waals surface area contributed by atoms with Gasteiger partial charge >= 0.3 is 0 Å². The summed E-state index contributed by atoms with van der Waals surface area (Å²) >= 11 is 0. The number of aliphatic hydroxyl groups is 1. The fourth-order valence-corrected chi connectivity index (χ4v) is 2.62. The van der Waals surface area contributed by atoms with Crippen LogP contribution in [0.3, 0.4) is 0 Å². The summed E-state index contributed by atoms with van der Waals surface area (Å²) in [6, 6.07) is 10.7. The molecule has 1 saturated heterocycles. The van der Waals surface area contributed by atoms with E-state index in [0.29, 0.717) is 6.04 Å². The van der Waals surface area contributed by atoms with Crippen molar-refractivity contribution in [2.75, 3.05) is 33.4 Å². The van der Waals surface area contributed by atoms with E-state index in [1.165, 1.54) is 5.56 Å². The molecule has 2 unspecified atom stereocenters. The van der Waals surface area contributed by atoms with Gasteiger partial charge in [0, 0.05) is 24.6 Å². The summed E-state index contributed by atoms with van der Waals surface area (Å²) in [7, 11) is 2.12. The van der Waals surface area contributed by atoms with Crippen molar-refractivity contribution in [3.05, 3.63) is 35.9 Å². The minimum atomic E-state index is -0.210. The average molecular weight is 249 g/mol. The molecule has 1 aliphatic heterocycles. The number of hydrogen-bond donors (Lipinski definition) is 1. The van der Waals surface area contributed by atoms with Gasteiger partial charge < -0.3 is 14.7 Å². The fraction of sp³-hybridized carbons (Fsp3) is 0.600. The molecule has 1 aromatic rings. The molecule has 0 saturated carbocycles. The molecule has 0 amide bonds. The summed E-state index contributed by atoms with van der Waals surface area (Å²) < 4.78 is 5.43. The zero-order valence-corrected chi connectivity index (χ0v) is 11.3. The van der Waals surface area contributed by atoms with E-state index in [0.717, 1.165) is 26.2 Å². The lowest BCUT2D eigenvalue weighted by Gasteiger charge is -2.35. The Bertz CT molecular complexity index is 362. The number of likely N-dealkylation sites (N-methyl/N-ethyl adjacent to an activating group) is 1. The Kier molecular flexibility index (Phi) is 4.38. The van der Waals surface area contributed by atoms with E-state index < -0.39 is 0 Å². The molecule has 0 bridgehead atoms. The van der Waals surface area contributed by atoms with Crippen LogP contribution in [-0.4, -0.2) is 49.5 Å². The molecule has 2 atom stereocenters. The smallest absolute Gasteiger partial charge is 0.0622 e. The van der Waals surface area contributed by atoms with Crippen molar-refractivity contribution in [3.63, 3.8) is 0 Å². The van der Waals surface area contributed by atoms with Gasteiger partial charge in [-0.2, -0.15) is 0 Å². The molecular weight excluding hydrogens is 226 g/mol. The zero-order valence-electron chi connectivity index (χ0n) is 11.3. The molecule has 1 N–H and O–H groups in total. The third kappa shape index (κ3) is 2.91. The van der Waals surface area contributed by atoms with Gasteiger partial charge in [-0.05, 0) is 19.0 Å². The second kappa shape index (κ2) is 5.83. The Morgan fingerprint density at radius 3 is 2.67 bits per heavy atom. The maximum atomic E-state index is 9.77. The molecule has 0 radical (unpaired) electrons. The molecule has 0 aromatic heterocycles. The number of nitrogens with zero attached hydrogens (tertiary/aromatic N) is 1. The van der Waals surface area contributed by atoms with Gasteiger partial charge in [0.2, 0.25) is 0 Å². The molecule has 18 heavy (non-hydrogen) atoms. The first-order valence-corrected chi connectivity index (χ1v) is 6.60. The number of ether oxygens (including phenoxy) is 1. The minimum Gasteiger partial charge on any atom is -0.395 e. The maximum absolute atomic E-state index is 9.77. The van der Waals surface area contributed by atoms with Crippen LogP contribution in [0.4, 0.5) is 0 Å². The Labute approximate surface area is 109 Å². The van der Waals surface area contributed by atoms with Crippen LogP contribution in [0.5, 0.6) is 0 Å². The van der Waals surface area contributed by atoms with Crippen molar-refractivity contribution in [2.45, 2.75) is 24.8 Å². The summed E-state index contributed by atoms with van der Waals surface area (Å²) in [6.45, 7) is 4.80. The monoisotopic (exact) mass is 249 g/mol. The molecule has 100 valence electrons. The van der Waals surface area contributed by atoms with Crippen molar-refractivity contribution in [1.29, 1.82) is 0 Å². The molecular formula is C15H23NO2. The Morgan fingerprint density at radius 2 is 2.11 bits per heavy atom. The fourth-order valence-electron chi connectivity index (χ4n) is 2.62. The summed E-state index contributed by atoms with van der Waals surface area (Å²) in [4.78, 5) is 2.32. The SMILES string of the molecule is CN(CC(C)(CO)c1ccccc1)C1CCOC1. The van der Waals surface area contributed by atoms with Crippen molar-refractivity contribution in [2.24, 2.45) is 0 Å². The lowest BCUT2D eigenvalue weighted by atomic mass is 9.82. The molecule has 1 aromatic carbocycles. The van der Waals surface area contributed by atoms with E-state index in [2.05, 4.69) is 31.0 Å². The third-order valence-corrected chi connectivity index (χ3v) is 3.95. The lowest BCUT2D eigenvalue weighted by molar-refractivity contribution is 0.117. The van der Waals surface area contributed by atoms with Gasteiger partial charge in [-0.3, -0.25) is 0 Å². The summed E-state index contributed by atoms with van der Waals surface area (Å²) in [5.41, 5.74) is 0.983. The minimum absolute atomic E-state index is 0.162. The second-order valence-corrected chi connectivity index (χ2v) is 5.52. The third-order valence-electron chi connectivity index (χ3n) is 3.95. The molecule has 1 heterocycles. The van der Waals surface area contributed by atoms with Crippen LogP contribution in [0.1, 0.15) is 18.9 Å². The van der Waals surface area contributed by atoms with E-state index in [-0.39, 0.29) is 12.0 Å². The molecule has 1 fully saturated rings. The zero-order chi connectivity index (χ0) is 13.0. The highest BCUT2D eigenvalue weighted by molar-refractivity contribution is 5.25. The number of aliphatic hydroxyl groups excluding tert-OH is 1. The van der Waals surface area contributed by atoms with E-state index in [1.54, 1.807) is 0 Å². The Hall–Kier alpha value is -0.900. The largest absolute Gasteiger partial charge is 0.395 e. The molecule has 1 aliphatic rings. The van der Waals surface area contributed by atoms with Crippen molar-refractivity contribution < 1.29 is 9.84 Å². The van der Waals surface area contributed by atoms with E-state index in [1.807, 2.05) is 18.2 Å². The molecule has 2 rings (SSSR count). The van der Waals surface area contributed by atoms with Crippen molar-refractivity contribution in [1.82, 2.24) is 4.90 Å². The highest BCUT2D eigenvalue weighted by Crippen LogP contribution is 2.25. The topological polar surface area (TPSA) is 32.7 Å². The van der Waals surface area contributed by atoms with Gasteiger partial charge in [0.1, 0.15) is 0 Å². The highest BCUT2D eigenvalue weighted by Gasteiger charge is 2.31. The second-order valence-electron chi connectivity index (χ2n) is 5.52. The number of rotatable bonds is 5. The first-order valence-electron chi connectivity index (χ1n) is 6.60. The lowest BCUT2D eigenvalue weighted by Crippen LogP contribution is -2.44. The van der Waals surface area contributed by atoms with Gasteiger partial charge in [-0.1, -0.05) is 37.3 Å². The summed E-state index contributed by atoms with van der Waals surface area (Å²) in [5, 5.41) is 9.77. The summed E-state index contributed by atoms with van der Waals surface area (Å²) in [6.07, 6.45) is 1.09. The Balaban J connectivity index is 2.08. The Morgan fingerprint density at radius 1 is 1.39 bits per heavy atom. The standard InChI is InChI=1S/C15H23NO2/c1-15(12-17,13-6-4-3-5-7-13)11-16(2)14-8-9-18-10-14/h3-7,14,17H,8-12H2,1-2H3. The van der Waals surface area contributed by atoms with E-state index in [4.69, 9.17) is 4.74 Å². The van der Waals surface area contributed by atoms with Crippen LogP contribution < -0.4 is 0 Å². The van der Waals surface area contributed by atoms with Gasteiger partial charge in [-0.15, -0.1) is 0 Å². The van der Waals surface area contributed by atoms with Crippen LogP contribution in [0.2, 0.25) is 0 Å². The van der Waals surface area contributed by atoms with Gasteiger partial charge in [-0.25, -0.2) is 0 Å². The first kappa shape index (κ1) is 13.5. The van der Waals surface area contributed by atoms with Crippen molar-refractivity contribution in [3.8, 4) is 0 Å². The predicted octanol–water partition coefficient (Wildman–Crippen LogP) is 1.66. The van der Waals surface area contributed by atoms with Crippen LogP contribution >= 0.6 is 0 Å². The molecule has 0 spiro atoms. The predicted molar refractivity (Wildman–Crippen MR) is 72.7 cm³/mol. The van der Waals surface area contributed by atoms with E-state index in [9.17, 15) is 5.11 Å². The number of benzene rings is 1. The summed E-state index contributed by atoms with van der Waals surface area (Å²) in [5.74, 6) is 0. The quantitative estimate of drug-likeness (QED) is 0.861. The molecule has 0 aliphatic carbocycles. The van der Waals surface area contributed by atoms with Crippen molar-refractivity contribution >= 4 is 0 Å². The normalized spacial score (nSPS) is 23.2. The highest BCUT2D eigenvalue weighted by atomic mass is 16.5. The molecule has 3 nitrogen and oxygen atoms in total. The van der Waals surface area contributed by atoms with Gasteiger partial charge in [0.15, 0.2) is 0 Å².